The Morgan fingerprint density at radius 3 is 1.75 bits per heavy atom. The fourth-order valence-corrected chi connectivity index (χ4v) is 8.42. The molecule has 3 aliphatic rings. The molecule has 7 aromatic carbocycles. The van der Waals surface area contributed by atoms with Gasteiger partial charge in [-0.05, 0) is 105 Å². The number of ether oxygens (including phenoxy) is 1. The minimum Gasteiger partial charge on any atom is -0.485 e. The average Bonchev–Trinajstić information content (AvgIpc) is 3.56. The standard InChI is InChI=1S/C49H35NO/c1-32-38-27-28-45(48(32)42-22-11-10-21-41(42)40-20-9-8-19-39(38)40)50(44-24-14-26-47-49(44)43-23-12-13-25-46(43)51-47)37-30-35(33-15-4-2-5-16-33)29-36(31-37)34-17-6-3-7-18-34/h2-31,43,46H,1H3. The first-order valence-electron chi connectivity index (χ1n) is 17.8. The second-order valence-corrected chi connectivity index (χ2v) is 13.6. The molecule has 0 fully saturated rings. The maximum atomic E-state index is 6.62. The molecule has 2 bridgehead atoms. The molecule has 2 nitrogen and oxygen atoms in total. The minimum absolute atomic E-state index is 0.0237. The van der Waals surface area contributed by atoms with Crippen molar-refractivity contribution in [3.8, 4) is 61.4 Å². The molecule has 51 heavy (non-hydrogen) atoms. The first-order valence-corrected chi connectivity index (χ1v) is 17.8. The summed E-state index contributed by atoms with van der Waals surface area (Å²) in [5, 5.41) is 0. The zero-order valence-corrected chi connectivity index (χ0v) is 28.3. The molecule has 0 saturated heterocycles. The molecule has 2 heteroatoms. The van der Waals surface area contributed by atoms with Crippen molar-refractivity contribution in [1.29, 1.82) is 0 Å². The van der Waals surface area contributed by atoms with Crippen molar-refractivity contribution in [1.82, 2.24) is 0 Å². The molecule has 7 aromatic rings. The lowest BCUT2D eigenvalue weighted by Gasteiger charge is -2.32. The van der Waals surface area contributed by atoms with Crippen LogP contribution in [0.4, 0.5) is 17.1 Å². The van der Waals surface area contributed by atoms with Gasteiger partial charge < -0.3 is 9.64 Å². The molecule has 0 spiro atoms. The van der Waals surface area contributed by atoms with E-state index in [4.69, 9.17) is 4.74 Å². The minimum atomic E-state index is -0.0237. The van der Waals surface area contributed by atoms with Crippen LogP contribution >= 0.6 is 0 Å². The molecule has 2 unspecified atom stereocenters. The van der Waals surface area contributed by atoms with E-state index in [0.29, 0.717) is 0 Å². The molecule has 10 rings (SSSR count). The number of rotatable bonds is 5. The topological polar surface area (TPSA) is 12.5 Å². The van der Waals surface area contributed by atoms with Crippen LogP contribution in [0.15, 0.2) is 182 Å². The summed E-state index contributed by atoms with van der Waals surface area (Å²) < 4.78 is 6.62. The van der Waals surface area contributed by atoms with Gasteiger partial charge in [-0.3, -0.25) is 0 Å². The molecule has 1 aliphatic heterocycles. The zero-order chi connectivity index (χ0) is 33.9. The van der Waals surface area contributed by atoms with E-state index < -0.39 is 0 Å². The fourth-order valence-electron chi connectivity index (χ4n) is 8.42. The molecule has 242 valence electrons. The number of hydrogen-bond acceptors (Lipinski definition) is 2. The molecule has 2 atom stereocenters. The summed E-state index contributed by atoms with van der Waals surface area (Å²) >= 11 is 0. The fraction of sp³-hybridized carbons (Fsp3) is 0.0612. The van der Waals surface area contributed by atoms with Crippen LogP contribution in [0.1, 0.15) is 17.0 Å². The van der Waals surface area contributed by atoms with Crippen LogP contribution in [0.2, 0.25) is 0 Å². The van der Waals surface area contributed by atoms with Crippen molar-refractivity contribution in [2.24, 2.45) is 0 Å². The van der Waals surface area contributed by atoms with E-state index in [0.717, 1.165) is 22.8 Å². The third-order valence-corrected chi connectivity index (χ3v) is 10.7. The van der Waals surface area contributed by atoms with E-state index in [1.807, 2.05) is 0 Å². The van der Waals surface area contributed by atoms with Gasteiger partial charge in [0.05, 0.1) is 11.4 Å². The van der Waals surface area contributed by atoms with E-state index in [1.54, 1.807) is 0 Å². The number of benzene rings is 7. The second kappa shape index (κ2) is 11.9. The first-order chi connectivity index (χ1) is 25.2. The molecule has 0 amide bonds. The van der Waals surface area contributed by atoms with Crippen molar-refractivity contribution in [2.45, 2.75) is 18.9 Å². The molecule has 2 aliphatic carbocycles. The van der Waals surface area contributed by atoms with Gasteiger partial charge in [0.2, 0.25) is 0 Å². The highest BCUT2D eigenvalue weighted by atomic mass is 16.5. The highest BCUT2D eigenvalue weighted by Gasteiger charge is 2.37. The Morgan fingerprint density at radius 1 is 0.471 bits per heavy atom. The van der Waals surface area contributed by atoms with Gasteiger partial charge in [0, 0.05) is 22.7 Å². The van der Waals surface area contributed by atoms with Gasteiger partial charge in [-0.15, -0.1) is 0 Å². The normalized spacial score (nSPS) is 15.9. The Morgan fingerprint density at radius 2 is 1.06 bits per heavy atom. The average molecular weight is 654 g/mol. The van der Waals surface area contributed by atoms with E-state index in [9.17, 15) is 0 Å². The van der Waals surface area contributed by atoms with Crippen molar-refractivity contribution >= 4 is 17.1 Å². The second-order valence-electron chi connectivity index (χ2n) is 13.6. The van der Waals surface area contributed by atoms with Crippen molar-refractivity contribution < 1.29 is 4.74 Å². The van der Waals surface area contributed by atoms with Gasteiger partial charge >= 0.3 is 0 Å². The maximum absolute atomic E-state index is 6.62. The summed E-state index contributed by atoms with van der Waals surface area (Å²) in [4.78, 5) is 2.51. The van der Waals surface area contributed by atoms with E-state index >= 15 is 0 Å². The van der Waals surface area contributed by atoms with Crippen LogP contribution in [-0.2, 0) is 0 Å². The first kappa shape index (κ1) is 29.5. The number of nitrogens with zero attached hydrogens (tertiary/aromatic N) is 1. The third kappa shape index (κ3) is 4.79. The summed E-state index contributed by atoms with van der Waals surface area (Å²) in [5.74, 6) is 1.06. The Hall–Kier alpha value is -6.38. The Bertz CT molecular complexity index is 2470. The predicted octanol–water partition coefficient (Wildman–Crippen LogP) is 13.1. The summed E-state index contributed by atoms with van der Waals surface area (Å²) in [7, 11) is 0. The third-order valence-electron chi connectivity index (χ3n) is 10.7. The summed E-state index contributed by atoms with van der Waals surface area (Å²) in [6.45, 7) is 2.30. The molecular formula is C49H35NO. The largest absolute Gasteiger partial charge is 0.485 e. The Kier molecular flexibility index (Phi) is 6.89. The smallest absolute Gasteiger partial charge is 0.128 e. The van der Waals surface area contributed by atoms with Crippen molar-refractivity contribution in [3.05, 3.63) is 193 Å². The van der Waals surface area contributed by atoms with E-state index in [1.165, 1.54) is 66.8 Å². The molecule has 0 radical (unpaired) electrons. The van der Waals surface area contributed by atoms with E-state index in [-0.39, 0.29) is 12.0 Å². The number of hydrogen-bond donors (Lipinski definition) is 0. The summed E-state index contributed by atoms with van der Waals surface area (Å²) in [5.41, 5.74) is 18.1. The van der Waals surface area contributed by atoms with Gasteiger partial charge in [0.1, 0.15) is 11.9 Å². The monoisotopic (exact) mass is 653 g/mol. The van der Waals surface area contributed by atoms with Crippen LogP contribution in [-0.4, -0.2) is 6.10 Å². The number of fused-ring (bicyclic) bond motifs is 10. The van der Waals surface area contributed by atoms with Crippen molar-refractivity contribution in [2.75, 3.05) is 4.90 Å². The lowest BCUT2D eigenvalue weighted by atomic mass is 9.88. The van der Waals surface area contributed by atoms with Crippen molar-refractivity contribution in [3.63, 3.8) is 0 Å². The van der Waals surface area contributed by atoms with Gasteiger partial charge in [0.15, 0.2) is 0 Å². The highest BCUT2D eigenvalue weighted by molar-refractivity contribution is 6.04. The quantitative estimate of drug-likeness (QED) is 0.183. The number of allylic oxidation sites excluding steroid dienone is 2. The lowest BCUT2D eigenvalue weighted by Crippen LogP contribution is -2.18. The maximum Gasteiger partial charge on any atom is 0.128 e. The molecule has 0 saturated carbocycles. The van der Waals surface area contributed by atoms with Crippen LogP contribution < -0.4 is 9.64 Å². The van der Waals surface area contributed by atoms with Gasteiger partial charge in [-0.2, -0.15) is 0 Å². The zero-order valence-electron chi connectivity index (χ0n) is 28.3. The predicted molar refractivity (Wildman–Crippen MR) is 212 cm³/mol. The van der Waals surface area contributed by atoms with Gasteiger partial charge in [0.25, 0.3) is 0 Å². The lowest BCUT2D eigenvalue weighted by molar-refractivity contribution is 0.269. The number of anilines is 3. The van der Waals surface area contributed by atoms with Crippen LogP contribution in [0.3, 0.4) is 0 Å². The molecule has 0 aromatic heterocycles. The van der Waals surface area contributed by atoms with Gasteiger partial charge in [-0.25, -0.2) is 0 Å². The highest BCUT2D eigenvalue weighted by Crippen LogP contribution is 2.55. The Balaban J connectivity index is 1.30. The SMILES string of the molecule is Cc1c2ccc(N(c3cc(-c4ccccc4)cc(-c4ccccc4)c3)c3cccc4c3C3C=CC=CC3O4)c1-c1ccccc1-c1ccccc1-2. The Labute approximate surface area is 299 Å². The summed E-state index contributed by atoms with van der Waals surface area (Å²) in [6.07, 6.45) is 8.71. The molecule has 0 N–H and O–H groups in total. The molecular weight excluding hydrogens is 619 g/mol. The van der Waals surface area contributed by atoms with Crippen LogP contribution in [0, 0.1) is 6.92 Å². The van der Waals surface area contributed by atoms with Crippen LogP contribution in [0.25, 0.3) is 55.6 Å². The molecule has 1 heterocycles. The summed E-state index contributed by atoms with van der Waals surface area (Å²) in [6, 6.07) is 57.5. The van der Waals surface area contributed by atoms with E-state index in [2.05, 4.69) is 194 Å². The van der Waals surface area contributed by atoms with Gasteiger partial charge in [-0.1, -0.05) is 140 Å². The van der Waals surface area contributed by atoms with Crippen LogP contribution in [0.5, 0.6) is 5.75 Å².